The maximum Gasteiger partial charge on any atom is 0.267 e. The van der Waals surface area contributed by atoms with Crippen LogP contribution in [0.1, 0.15) is 66.1 Å². The van der Waals surface area contributed by atoms with Crippen LogP contribution in [0.25, 0.3) is 0 Å². The van der Waals surface area contributed by atoms with Gasteiger partial charge in [0.15, 0.2) is 0 Å². The zero-order valence-corrected chi connectivity index (χ0v) is 22.0. The molecule has 0 spiro atoms. The standard InChI is InChI=1S/C25H29Cl2FN2O4S/c1-15(18-5-6-21(26)22(27)11-18)30-9-7-16(8-10-30)14-34-24-13-23(28)20(12-19(24)17-3-4-17)25(31)29-35(2,32)33/h5-6,11-13,15-17H,3-4,7-10,14H2,1-2H3,(H,29,31)/t15-/m0/s1. The molecule has 4 rings (SSSR count). The first-order chi connectivity index (χ1) is 16.5. The van der Waals surface area contributed by atoms with Gasteiger partial charge in [0, 0.05) is 12.1 Å². The van der Waals surface area contributed by atoms with Crippen LogP contribution in [0.4, 0.5) is 4.39 Å². The molecule has 1 heterocycles. The molecule has 190 valence electrons. The third kappa shape index (κ3) is 6.67. The molecule has 2 aromatic carbocycles. The summed E-state index contributed by atoms with van der Waals surface area (Å²) in [6, 6.07) is 8.60. The number of rotatable bonds is 8. The number of piperidine rings is 1. The van der Waals surface area contributed by atoms with Crippen LogP contribution in [0.15, 0.2) is 30.3 Å². The van der Waals surface area contributed by atoms with Gasteiger partial charge < -0.3 is 4.74 Å². The van der Waals surface area contributed by atoms with Gasteiger partial charge in [0.05, 0.1) is 28.5 Å². The summed E-state index contributed by atoms with van der Waals surface area (Å²) in [4.78, 5) is 14.6. The molecule has 1 saturated heterocycles. The number of sulfonamides is 1. The fraction of sp³-hybridized carbons (Fsp3) is 0.480. The Balaban J connectivity index is 1.37. The second kappa shape index (κ2) is 10.6. The smallest absolute Gasteiger partial charge is 0.267 e. The Hall–Kier alpha value is -1.87. The summed E-state index contributed by atoms with van der Waals surface area (Å²) in [6.45, 7) is 4.43. The SMILES string of the molecule is C[C@@H](c1ccc(Cl)c(Cl)c1)N1CCC(COc2cc(F)c(C(=O)NS(C)(=O)=O)cc2C2CC2)CC1. The summed E-state index contributed by atoms with van der Waals surface area (Å²) in [5.74, 6) is -0.801. The number of nitrogens with one attached hydrogen (secondary N) is 1. The molecule has 1 atom stereocenters. The summed E-state index contributed by atoms with van der Waals surface area (Å²) in [6.07, 6.45) is 4.61. The minimum absolute atomic E-state index is 0.198. The van der Waals surface area contributed by atoms with E-state index in [0.29, 0.717) is 28.3 Å². The molecule has 1 amide bonds. The minimum Gasteiger partial charge on any atom is -0.493 e. The summed E-state index contributed by atoms with van der Waals surface area (Å²) in [5.41, 5.74) is 1.60. The van der Waals surface area contributed by atoms with E-state index in [-0.39, 0.29) is 17.5 Å². The largest absolute Gasteiger partial charge is 0.493 e. The van der Waals surface area contributed by atoms with Crippen LogP contribution in [-0.2, 0) is 10.0 Å². The molecule has 2 fully saturated rings. The van der Waals surface area contributed by atoms with Gasteiger partial charge in [-0.1, -0.05) is 29.3 Å². The number of carbonyl (C=O) groups is 1. The molecule has 1 N–H and O–H groups in total. The lowest BCUT2D eigenvalue weighted by atomic mass is 9.95. The molecule has 35 heavy (non-hydrogen) atoms. The van der Waals surface area contributed by atoms with Crippen molar-refractivity contribution < 1.29 is 22.3 Å². The van der Waals surface area contributed by atoms with E-state index in [2.05, 4.69) is 11.8 Å². The normalized spacial score (nSPS) is 18.3. The summed E-state index contributed by atoms with van der Waals surface area (Å²) in [7, 11) is -3.79. The van der Waals surface area contributed by atoms with Crippen molar-refractivity contribution in [3.8, 4) is 5.75 Å². The average Bonchev–Trinajstić information content (AvgIpc) is 3.63. The highest BCUT2D eigenvalue weighted by atomic mass is 35.5. The van der Waals surface area contributed by atoms with Crippen LogP contribution in [0.2, 0.25) is 10.0 Å². The maximum absolute atomic E-state index is 14.7. The number of hydrogen-bond acceptors (Lipinski definition) is 5. The van der Waals surface area contributed by atoms with E-state index in [1.165, 1.54) is 12.1 Å². The van der Waals surface area contributed by atoms with Gasteiger partial charge >= 0.3 is 0 Å². The van der Waals surface area contributed by atoms with Gasteiger partial charge in [-0.15, -0.1) is 0 Å². The van der Waals surface area contributed by atoms with E-state index in [1.54, 1.807) is 0 Å². The third-order valence-corrected chi connectivity index (χ3v) is 8.03. The van der Waals surface area contributed by atoms with Crippen molar-refractivity contribution >= 4 is 39.1 Å². The van der Waals surface area contributed by atoms with E-state index >= 15 is 0 Å². The molecule has 0 bridgehead atoms. The van der Waals surface area contributed by atoms with Crippen LogP contribution in [0, 0.1) is 11.7 Å². The molecule has 2 aliphatic rings. The van der Waals surface area contributed by atoms with Gasteiger partial charge in [0.25, 0.3) is 5.91 Å². The Morgan fingerprint density at radius 1 is 1.14 bits per heavy atom. The molecular formula is C25H29Cl2FN2O4S. The zero-order chi connectivity index (χ0) is 25.3. The fourth-order valence-electron chi connectivity index (χ4n) is 4.51. The first-order valence-corrected chi connectivity index (χ1v) is 14.3. The molecule has 0 aromatic heterocycles. The average molecular weight is 543 g/mol. The zero-order valence-electron chi connectivity index (χ0n) is 19.7. The van der Waals surface area contributed by atoms with E-state index in [0.717, 1.165) is 56.2 Å². The van der Waals surface area contributed by atoms with Crippen LogP contribution in [-0.4, -0.2) is 45.2 Å². The van der Waals surface area contributed by atoms with Gasteiger partial charge in [0.2, 0.25) is 10.0 Å². The molecular weight excluding hydrogens is 514 g/mol. The number of benzene rings is 2. The predicted octanol–water partition coefficient (Wildman–Crippen LogP) is 5.55. The van der Waals surface area contributed by atoms with E-state index in [1.807, 2.05) is 22.9 Å². The molecule has 1 saturated carbocycles. The molecule has 2 aromatic rings. The lowest BCUT2D eigenvalue weighted by molar-refractivity contribution is 0.0977. The van der Waals surface area contributed by atoms with Crippen molar-refractivity contribution in [2.75, 3.05) is 26.0 Å². The van der Waals surface area contributed by atoms with Gasteiger partial charge in [-0.3, -0.25) is 9.69 Å². The number of hydrogen-bond donors (Lipinski definition) is 1. The lowest BCUT2D eigenvalue weighted by Gasteiger charge is -2.36. The summed E-state index contributed by atoms with van der Waals surface area (Å²) in [5, 5.41) is 1.10. The third-order valence-electron chi connectivity index (χ3n) is 6.74. The van der Waals surface area contributed by atoms with E-state index in [9.17, 15) is 17.6 Å². The Morgan fingerprint density at radius 3 is 2.43 bits per heavy atom. The van der Waals surface area contributed by atoms with Crippen molar-refractivity contribution in [2.24, 2.45) is 5.92 Å². The molecule has 1 aliphatic heterocycles. The number of nitrogens with zero attached hydrogens (tertiary/aromatic N) is 1. The number of likely N-dealkylation sites (tertiary alicyclic amines) is 1. The topological polar surface area (TPSA) is 75.7 Å². The molecule has 0 unspecified atom stereocenters. The van der Waals surface area contributed by atoms with Crippen molar-refractivity contribution in [3.63, 3.8) is 0 Å². The first kappa shape index (κ1) is 26.2. The van der Waals surface area contributed by atoms with Gasteiger partial charge in [-0.2, -0.15) is 0 Å². The van der Waals surface area contributed by atoms with Crippen LogP contribution in [0.3, 0.4) is 0 Å². The van der Waals surface area contributed by atoms with Gasteiger partial charge in [0.1, 0.15) is 11.6 Å². The Labute approximate surface area is 215 Å². The maximum atomic E-state index is 14.7. The number of ether oxygens (including phenoxy) is 1. The predicted molar refractivity (Wildman–Crippen MR) is 135 cm³/mol. The van der Waals surface area contributed by atoms with Crippen molar-refractivity contribution in [1.82, 2.24) is 9.62 Å². The first-order valence-electron chi connectivity index (χ1n) is 11.7. The van der Waals surface area contributed by atoms with Crippen LogP contribution >= 0.6 is 23.2 Å². The number of amides is 1. The number of halogens is 3. The lowest BCUT2D eigenvalue weighted by Crippen LogP contribution is -2.37. The monoisotopic (exact) mass is 542 g/mol. The molecule has 0 radical (unpaired) electrons. The highest BCUT2D eigenvalue weighted by Gasteiger charge is 2.31. The van der Waals surface area contributed by atoms with Gasteiger partial charge in [-0.25, -0.2) is 17.5 Å². The Morgan fingerprint density at radius 2 is 1.83 bits per heavy atom. The van der Waals surface area contributed by atoms with Crippen molar-refractivity contribution in [1.29, 1.82) is 0 Å². The van der Waals surface area contributed by atoms with E-state index in [4.69, 9.17) is 27.9 Å². The second-order valence-corrected chi connectivity index (χ2v) is 12.1. The minimum atomic E-state index is -3.79. The molecule has 1 aliphatic carbocycles. The second-order valence-electron chi connectivity index (χ2n) is 9.49. The van der Waals surface area contributed by atoms with Crippen molar-refractivity contribution in [3.05, 3.63) is 62.9 Å². The summed E-state index contributed by atoms with van der Waals surface area (Å²) >= 11 is 12.2. The van der Waals surface area contributed by atoms with Crippen LogP contribution < -0.4 is 9.46 Å². The highest BCUT2D eigenvalue weighted by molar-refractivity contribution is 7.89. The van der Waals surface area contributed by atoms with Crippen molar-refractivity contribution in [2.45, 2.75) is 44.6 Å². The number of carbonyl (C=O) groups excluding carboxylic acids is 1. The Kier molecular flexibility index (Phi) is 7.95. The fourth-order valence-corrected chi connectivity index (χ4v) is 5.26. The molecule has 10 heteroatoms. The highest BCUT2D eigenvalue weighted by Crippen LogP contribution is 2.45. The summed E-state index contributed by atoms with van der Waals surface area (Å²) < 4.78 is 45.4. The Bertz CT molecular complexity index is 1210. The van der Waals surface area contributed by atoms with Crippen LogP contribution in [0.5, 0.6) is 5.75 Å². The van der Waals surface area contributed by atoms with E-state index < -0.39 is 21.7 Å². The van der Waals surface area contributed by atoms with Gasteiger partial charge in [-0.05, 0) is 86.9 Å². The quantitative estimate of drug-likeness (QED) is 0.473. The molecule has 6 nitrogen and oxygen atoms in total.